The number of aliphatic hydroxyl groups excluding tert-OH is 1. The van der Waals surface area contributed by atoms with Gasteiger partial charge in [0.05, 0.1) is 22.8 Å². The van der Waals surface area contributed by atoms with Crippen LogP contribution < -0.4 is 0 Å². The highest BCUT2D eigenvalue weighted by molar-refractivity contribution is 6.35. The molecule has 3 aromatic rings. The Morgan fingerprint density at radius 1 is 1.03 bits per heavy atom. The molecule has 29 heavy (non-hydrogen) atoms. The highest BCUT2D eigenvalue weighted by atomic mass is 35.5. The maximum absolute atomic E-state index is 14.3. The van der Waals surface area contributed by atoms with E-state index in [0.29, 0.717) is 6.07 Å². The van der Waals surface area contributed by atoms with E-state index < -0.39 is 41.0 Å². The number of pyridine rings is 1. The molecule has 3 rings (SSSR count). The minimum Gasteiger partial charge on any atom is -0.387 e. The Hall–Kier alpha value is -3.03. The molecule has 0 spiro atoms. The van der Waals surface area contributed by atoms with Crippen molar-refractivity contribution in [2.45, 2.75) is 6.10 Å². The molecule has 0 aliphatic carbocycles. The van der Waals surface area contributed by atoms with Crippen LogP contribution in [0.3, 0.4) is 0 Å². The number of hydrogen-bond acceptors (Lipinski definition) is 4. The summed E-state index contributed by atoms with van der Waals surface area (Å²) >= 11 is 5.97. The molecule has 8 heteroatoms. The Morgan fingerprint density at radius 2 is 1.69 bits per heavy atom. The molecule has 2 aromatic carbocycles. The zero-order valence-corrected chi connectivity index (χ0v) is 15.5. The third kappa shape index (κ3) is 4.36. The second-order valence-corrected chi connectivity index (χ2v) is 6.64. The van der Waals surface area contributed by atoms with Crippen molar-refractivity contribution in [2.75, 3.05) is 0 Å². The van der Waals surface area contributed by atoms with Crippen molar-refractivity contribution in [1.82, 2.24) is 4.98 Å². The number of halogens is 4. The second-order valence-electron chi connectivity index (χ2n) is 6.24. The first-order valence-corrected chi connectivity index (χ1v) is 8.78. The lowest BCUT2D eigenvalue weighted by Crippen LogP contribution is -2.31. The first-order valence-electron chi connectivity index (χ1n) is 8.40. The van der Waals surface area contributed by atoms with E-state index in [1.54, 1.807) is 0 Å². The normalized spacial score (nSPS) is 13.0. The average molecular weight is 419 g/mol. The van der Waals surface area contributed by atoms with Gasteiger partial charge in [0.1, 0.15) is 17.5 Å². The van der Waals surface area contributed by atoms with Crippen LogP contribution >= 0.6 is 11.6 Å². The lowest BCUT2D eigenvalue weighted by molar-refractivity contribution is 0.0793. The third-order valence-electron chi connectivity index (χ3n) is 4.35. The van der Waals surface area contributed by atoms with Crippen molar-refractivity contribution in [3.05, 3.63) is 100 Å². The topological polar surface area (TPSA) is 74.0 Å². The fourth-order valence-electron chi connectivity index (χ4n) is 2.91. The van der Waals surface area contributed by atoms with Gasteiger partial charge in [-0.15, -0.1) is 0 Å². The van der Waals surface area contributed by atoms with Gasteiger partial charge in [-0.3, -0.25) is 9.78 Å². The number of nitrogens with zero attached hydrogens (tertiary/aromatic N) is 1. The number of aromatic nitrogens is 1. The van der Waals surface area contributed by atoms with Crippen LogP contribution in [0.2, 0.25) is 5.02 Å². The van der Waals surface area contributed by atoms with E-state index in [9.17, 15) is 23.1 Å². The van der Waals surface area contributed by atoms with Gasteiger partial charge in [0.15, 0.2) is 5.78 Å². The Balaban J connectivity index is 2.10. The van der Waals surface area contributed by atoms with E-state index in [4.69, 9.17) is 17.0 Å². The van der Waals surface area contributed by atoms with Crippen LogP contribution in [-0.4, -0.2) is 21.6 Å². The summed E-state index contributed by atoms with van der Waals surface area (Å²) in [5, 5.41) is 19.0. The molecule has 2 N–H and O–H groups in total. The molecule has 0 aliphatic heterocycles. The number of rotatable bonds is 6. The Labute approximate surface area is 169 Å². The number of hydrogen-bond donors (Lipinski definition) is 2. The number of Topliss-reactive ketones (excluding diaryl/α,β-unsaturated/α-hetero) is 1. The Bertz CT molecular complexity index is 1010. The minimum atomic E-state index is -1.60. The predicted octanol–water partition coefficient (Wildman–Crippen LogP) is 4.75. The summed E-state index contributed by atoms with van der Waals surface area (Å²) in [7, 11) is 0. The highest BCUT2D eigenvalue weighted by Gasteiger charge is 2.35. The summed E-state index contributed by atoms with van der Waals surface area (Å²) in [5.74, 6) is -4.99. The monoisotopic (exact) mass is 418 g/mol. The minimum absolute atomic E-state index is 0.145. The molecule has 0 saturated heterocycles. The molecule has 2 unspecified atom stereocenters. The number of benzene rings is 2. The average Bonchev–Trinajstić information content (AvgIpc) is 2.68. The number of aliphatic hydroxyl groups is 1. The van der Waals surface area contributed by atoms with E-state index in [2.05, 4.69) is 4.98 Å². The van der Waals surface area contributed by atoms with Crippen molar-refractivity contribution in [2.24, 2.45) is 5.92 Å². The Morgan fingerprint density at radius 3 is 2.28 bits per heavy atom. The number of nitrogens with one attached hydrogen (secondary N) is 1. The van der Waals surface area contributed by atoms with E-state index >= 15 is 0 Å². The van der Waals surface area contributed by atoms with Gasteiger partial charge >= 0.3 is 0 Å². The third-order valence-corrected chi connectivity index (χ3v) is 4.67. The molecular formula is C21H14ClF3N2O2. The van der Waals surface area contributed by atoms with Gasteiger partial charge in [-0.1, -0.05) is 17.7 Å². The molecule has 0 amide bonds. The van der Waals surface area contributed by atoms with E-state index in [1.165, 1.54) is 24.5 Å². The summed E-state index contributed by atoms with van der Waals surface area (Å²) in [4.78, 5) is 17.0. The molecule has 148 valence electrons. The molecular weight excluding hydrogens is 405 g/mol. The first kappa shape index (κ1) is 20.7. The standard InChI is InChI=1S/C21H14ClF3N2O2/c22-16-8-12(23)3-5-14(16)21(29)18(20(28)11-2-1-7-27-10-11)19(26)15-6-4-13(24)9-17(15)25/h1-10,18,20,26,28H. The molecule has 0 fully saturated rings. The Kier molecular flexibility index (Phi) is 6.10. The molecule has 0 bridgehead atoms. The van der Waals surface area contributed by atoms with Crippen LogP contribution in [0.25, 0.3) is 0 Å². The summed E-state index contributed by atoms with van der Waals surface area (Å²) in [6, 6.07) is 8.58. The molecule has 0 aliphatic rings. The smallest absolute Gasteiger partial charge is 0.176 e. The van der Waals surface area contributed by atoms with Gasteiger partial charge in [0.2, 0.25) is 0 Å². The maximum Gasteiger partial charge on any atom is 0.176 e. The SMILES string of the molecule is N=C(c1ccc(F)cc1F)C(C(=O)c1ccc(F)cc1Cl)C(O)c1cccnc1. The summed E-state index contributed by atoms with van der Waals surface area (Å²) in [6.07, 6.45) is 1.18. The molecule has 2 atom stereocenters. The highest BCUT2D eigenvalue weighted by Crippen LogP contribution is 2.31. The van der Waals surface area contributed by atoms with Gasteiger partial charge in [-0.25, -0.2) is 13.2 Å². The van der Waals surface area contributed by atoms with Gasteiger partial charge < -0.3 is 10.5 Å². The molecule has 1 heterocycles. The maximum atomic E-state index is 14.3. The van der Waals surface area contributed by atoms with Gasteiger partial charge in [-0.2, -0.15) is 0 Å². The van der Waals surface area contributed by atoms with Gasteiger partial charge in [-0.05, 0) is 42.0 Å². The van der Waals surface area contributed by atoms with Gasteiger partial charge in [0, 0.05) is 29.6 Å². The van der Waals surface area contributed by atoms with Crippen LogP contribution in [0.4, 0.5) is 13.2 Å². The first-order chi connectivity index (χ1) is 13.8. The summed E-state index contributed by atoms with van der Waals surface area (Å²) < 4.78 is 40.9. The van der Waals surface area contributed by atoms with E-state index in [1.807, 2.05) is 0 Å². The van der Waals surface area contributed by atoms with Gasteiger partial charge in [0.25, 0.3) is 0 Å². The number of carbonyl (C=O) groups is 1. The van der Waals surface area contributed by atoms with Crippen molar-refractivity contribution in [3.63, 3.8) is 0 Å². The number of carbonyl (C=O) groups excluding carboxylic acids is 1. The fraction of sp³-hybridized carbons (Fsp3) is 0.0952. The van der Waals surface area contributed by atoms with Crippen molar-refractivity contribution in [3.8, 4) is 0 Å². The quantitative estimate of drug-likeness (QED) is 0.448. The second kappa shape index (κ2) is 8.55. The van der Waals surface area contributed by atoms with Crippen molar-refractivity contribution in [1.29, 1.82) is 5.41 Å². The largest absolute Gasteiger partial charge is 0.387 e. The van der Waals surface area contributed by atoms with Crippen LogP contribution in [0.1, 0.15) is 27.6 Å². The van der Waals surface area contributed by atoms with Crippen LogP contribution in [-0.2, 0) is 0 Å². The van der Waals surface area contributed by atoms with E-state index in [0.717, 1.165) is 30.3 Å². The van der Waals surface area contributed by atoms with Crippen molar-refractivity contribution >= 4 is 23.1 Å². The molecule has 0 saturated carbocycles. The fourth-order valence-corrected chi connectivity index (χ4v) is 3.17. The lowest BCUT2D eigenvalue weighted by Gasteiger charge is -2.24. The zero-order valence-electron chi connectivity index (χ0n) is 14.7. The van der Waals surface area contributed by atoms with Crippen LogP contribution in [0, 0.1) is 28.8 Å². The van der Waals surface area contributed by atoms with Crippen LogP contribution in [0.15, 0.2) is 60.9 Å². The molecule has 1 aromatic heterocycles. The van der Waals surface area contributed by atoms with Crippen LogP contribution in [0.5, 0.6) is 0 Å². The summed E-state index contributed by atoms with van der Waals surface area (Å²) in [5.41, 5.74) is -0.875. The van der Waals surface area contributed by atoms with E-state index in [-0.39, 0.29) is 21.7 Å². The predicted molar refractivity (Wildman–Crippen MR) is 102 cm³/mol. The van der Waals surface area contributed by atoms with Crippen molar-refractivity contribution < 1.29 is 23.1 Å². The molecule has 4 nitrogen and oxygen atoms in total. The molecule has 0 radical (unpaired) electrons. The lowest BCUT2D eigenvalue weighted by atomic mass is 9.82. The number of ketones is 1. The summed E-state index contributed by atoms with van der Waals surface area (Å²) in [6.45, 7) is 0. The zero-order chi connectivity index (χ0) is 21.1.